The molecule has 0 heterocycles. The second kappa shape index (κ2) is 3.10. The largest absolute Gasteiger partial charge is 0.371 e. The van der Waals surface area contributed by atoms with E-state index in [1.807, 2.05) is 0 Å². The molecule has 0 aromatic carbocycles. The lowest BCUT2D eigenvalue weighted by molar-refractivity contribution is -0.0135. The SMILES string of the molecule is CC(C)O[C@@H]1C=CC2C3CCC(C3)C21. The fourth-order valence-electron chi connectivity index (χ4n) is 3.97. The van der Waals surface area contributed by atoms with Crippen molar-refractivity contribution in [3.63, 3.8) is 0 Å². The smallest absolute Gasteiger partial charge is 0.0795 e. The van der Waals surface area contributed by atoms with Crippen LogP contribution < -0.4 is 0 Å². The van der Waals surface area contributed by atoms with Crippen LogP contribution in [0.15, 0.2) is 12.2 Å². The standard InChI is InChI=1S/C13H20O/c1-8(2)14-12-6-5-11-9-3-4-10(7-9)13(11)12/h5-6,8-13H,3-4,7H2,1-2H3/t9?,10?,11?,12-,13?/m1/s1. The molecule has 0 spiro atoms. The van der Waals surface area contributed by atoms with Crippen LogP contribution in [0.25, 0.3) is 0 Å². The maximum Gasteiger partial charge on any atom is 0.0795 e. The third-order valence-electron chi connectivity index (χ3n) is 4.38. The van der Waals surface area contributed by atoms with Gasteiger partial charge in [-0.2, -0.15) is 0 Å². The number of rotatable bonds is 2. The Morgan fingerprint density at radius 2 is 1.93 bits per heavy atom. The van der Waals surface area contributed by atoms with Gasteiger partial charge in [0.2, 0.25) is 0 Å². The average Bonchev–Trinajstić information content (AvgIpc) is 2.74. The number of fused-ring (bicyclic) bond motifs is 5. The van der Waals surface area contributed by atoms with Crippen molar-refractivity contribution in [2.45, 2.75) is 45.3 Å². The van der Waals surface area contributed by atoms with E-state index in [9.17, 15) is 0 Å². The van der Waals surface area contributed by atoms with Gasteiger partial charge in [-0.05, 0) is 56.8 Å². The molecule has 0 aromatic rings. The van der Waals surface area contributed by atoms with Crippen molar-refractivity contribution in [3.8, 4) is 0 Å². The predicted octanol–water partition coefficient (Wildman–Crippen LogP) is 3.01. The number of hydrogen-bond acceptors (Lipinski definition) is 1. The minimum absolute atomic E-state index is 0.377. The number of allylic oxidation sites excluding steroid dienone is 1. The van der Waals surface area contributed by atoms with Crippen molar-refractivity contribution < 1.29 is 4.74 Å². The fraction of sp³-hybridized carbons (Fsp3) is 0.846. The molecule has 0 saturated heterocycles. The summed E-state index contributed by atoms with van der Waals surface area (Å²) in [5, 5.41) is 0. The van der Waals surface area contributed by atoms with E-state index in [2.05, 4.69) is 26.0 Å². The van der Waals surface area contributed by atoms with Crippen LogP contribution >= 0.6 is 0 Å². The van der Waals surface area contributed by atoms with Crippen LogP contribution in [0.5, 0.6) is 0 Å². The van der Waals surface area contributed by atoms with E-state index >= 15 is 0 Å². The molecule has 0 aromatic heterocycles. The molecule has 0 aliphatic heterocycles. The van der Waals surface area contributed by atoms with Crippen LogP contribution in [0.4, 0.5) is 0 Å². The maximum atomic E-state index is 5.99. The van der Waals surface area contributed by atoms with Crippen molar-refractivity contribution in [1.82, 2.24) is 0 Å². The van der Waals surface area contributed by atoms with Crippen LogP contribution in [0.3, 0.4) is 0 Å². The second-order valence-electron chi connectivity index (χ2n) is 5.52. The van der Waals surface area contributed by atoms with Crippen molar-refractivity contribution in [1.29, 1.82) is 0 Å². The van der Waals surface area contributed by atoms with E-state index in [0.29, 0.717) is 12.2 Å². The minimum Gasteiger partial charge on any atom is -0.371 e. The van der Waals surface area contributed by atoms with Gasteiger partial charge >= 0.3 is 0 Å². The van der Waals surface area contributed by atoms with Gasteiger partial charge in [-0.25, -0.2) is 0 Å². The molecule has 2 saturated carbocycles. The zero-order valence-corrected chi connectivity index (χ0v) is 9.15. The minimum atomic E-state index is 0.377. The zero-order valence-electron chi connectivity index (χ0n) is 9.15. The molecular weight excluding hydrogens is 172 g/mol. The van der Waals surface area contributed by atoms with E-state index in [1.165, 1.54) is 19.3 Å². The Morgan fingerprint density at radius 1 is 1.14 bits per heavy atom. The quantitative estimate of drug-likeness (QED) is 0.611. The lowest BCUT2D eigenvalue weighted by Crippen LogP contribution is -2.30. The van der Waals surface area contributed by atoms with Gasteiger partial charge in [0.15, 0.2) is 0 Å². The Kier molecular flexibility index (Phi) is 1.98. The highest BCUT2D eigenvalue weighted by atomic mass is 16.5. The first kappa shape index (κ1) is 8.96. The molecule has 0 radical (unpaired) electrons. The topological polar surface area (TPSA) is 9.23 Å². The third kappa shape index (κ3) is 1.18. The normalized spacial score (nSPS) is 49.2. The summed E-state index contributed by atoms with van der Waals surface area (Å²) >= 11 is 0. The highest BCUT2D eigenvalue weighted by Crippen LogP contribution is 2.56. The molecule has 14 heavy (non-hydrogen) atoms. The van der Waals surface area contributed by atoms with Crippen molar-refractivity contribution in [2.75, 3.05) is 0 Å². The van der Waals surface area contributed by atoms with Crippen LogP contribution in [-0.4, -0.2) is 12.2 Å². The summed E-state index contributed by atoms with van der Waals surface area (Å²) in [7, 11) is 0. The molecule has 1 nitrogen and oxygen atoms in total. The molecule has 1 heteroatoms. The van der Waals surface area contributed by atoms with Gasteiger partial charge in [0.1, 0.15) is 0 Å². The molecule has 2 fully saturated rings. The van der Waals surface area contributed by atoms with Crippen molar-refractivity contribution in [2.24, 2.45) is 23.7 Å². The third-order valence-corrected chi connectivity index (χ3v) is 4.38. The molecular formula is C13H20O. The molecule has 2 bridgehead atoms. The Labute approximate surface area is 86.5 Å². The highest BCUT2D eigenvalue weighted by Gasteiger charge is 2.51. The lowest BCUT2D eigenvalue weighted by Gasteiger charge is -2.30. The van der Waals surface area contributed by atoms with Gasteiger partial charge in [-0.15, -0.1) is 0 Å². The van der Waals surface area contributed by atoms with Gasteiger partial charge < -0.3 is 4.74 Å². The van der Waals surface area contributed by atoms with Crippen LogP contribution in [-0.2, 0) is 4.74 Å². The summed E-state index contributed by atoms with van der Waals surface area (Å²) in [5.41, 5.74) is 0. The first-order chi connectivity index (χ1) is 6.75. The summed E-state index contributed by atoms with van der Waals surface area (Å²) in [5.74, 6) is 3.69. The van der Waals surface area contributed by atoms with Gasteiger partial charge in [-0.3, -0.25) is 0 Å². The molecule has 4 unspecified atom stereocenters. The Morgan fingerprint density at radius 3 is 2.71 bits per heavy atom. The van der Waals surface area contributed by atoms with Crippen LogP contribution in [0.1, 0.15) is 33.1 Å². The Bertz CT molecular complexity index is 256. The van der Waals surface area contributed by atoms with E-state index in [4.69, 9.17) is 4.74 Å². The summed E-state index contributed by atoms with van der Waals surface area (Å²) in [6.45, 7) is 4.29. The van der Waals surface area contributed by atoms with Crippen LogP contribution in [0.2, 0.25) is 0 Å². The summed E-state index contributed by atoms with van der Waals surface area (Å²) in [6, 6.07) is 0. The molecule has 3 rings (SSSR count). The average molecular weight is 192 g/mol. The number of ether oxygens (including phenoxy) is 1. The van der Waals surface area contributed by atoms with E-state index in [1.54, 1.807) is 0 Å². The van der Waals surface area contributed by atoms with Gasteiger partial charge in [0.25, 0.3) is 0 Å². The van der Waals surface area contributed by atoms with E-state index < -0.39 is 0 Å². The summed E-state index contributed by atoms with van der Waals surface area (Å²) in [4.78, 5) is 0. The van der Waals surface area contributed by atoms with Crippen molar-refractivity contribution >= 4 is 0 Å². The first-order valence-corrected chi connectivity index (χ1v) is 6.09. The fourth-order valence-corrected chi connectivity index (χ4v) is 3.97. The molecule has 3 aliphatic carbocycles. The zero-order chi connectivity index (χ0) is 9.71. The van der Waals surface area contributed by atoms with E-state index in [-0.39, 0.29) is 0 Å². The molecule has 78 valence electrons. The Hall–Kier alpha value is -0.300. The molecule has 5 atom stereocenters. The maximum absolute atomic E-state index is 5.99. The van der Waals surface area contributed by atoms with Gasteiger partial charge in [0, 0.05) is 0 Å². The summed E-state index contributed by atoms with van der Waals surface area (Å²) in [6.07, 6.45) is 10.0. The molecule has 0 amide bonds. The van der Waals surface area contributed by atoms with E-state index in [0.717, 1.165) is 23.7 Å². The Balaban J connectivity index is 1.76. The highest BCUT2D eigenvalue weighted by molar-refractivity contribution is 5.17. The van der Waals surface area contributed by atoms with Gasteiger partial charge in [0.05, 0.1) is 12.2 Å². The number of hydrogen-bond donors (Lipinski definition) is 0. The van der Waals surface area contributed by atoms with Crippen molar-refractivity contribution in [3.05, 3.63) is 12.2 Å². The van der Waals surface area contributed by atoms with Gasteiger partial charge in [-0.1, -0.05) is 12.2 Å². The second-order valence-corrected chi connectivity index (χ2v) is 5.52. The molecule has 0 N–H and O–H groups in total. The lowest BCUT2D eigenvalue weighted by atomic mass is 9.80. The first-order valence-electron chi connectivity index (χ1n) is 6.09. The van der Waals surface area contributed by atoms with Crippen LogP contribution in [0, 0.1) is 23.7 Å². The molecule has 3 aliphatic rings. The monoisotopic (exact) mass is 192 g/mol. The predicted molar refractivity (Wildman–Crippen MR) is 57.0 cm³/mol. The summed E-state index contributed by atoms with van der Waals surface area (Å²) < 4.78 is 5.99.